The standard InChI is InChI=1S/C20H18N2O4/c1-26-20(25)15-6-8-16(9-7-15)21-18(23)10-11-19(24)22-13-12-14-4-2-3-5-17(14)22/h2-9,12-13H,10-11H2,1H3,(H,21,23). The molecule has 6 heteroatoms. The lowest BCUT2D eigenvalue weighted by molar-refractivity contribution is -0.116. The van der Waals surface area contributed by atoms with Crippen molar-refractivity contribution in [3.8, 4) is 0 Å². The highest BCUT2D eigenvalue weighted by molar-refractivity contribution is 5.97. The van der Waals surface area contributed by atoms with Gasteiger partial charge in [0.05, 0.1) is 18.2 Å². The summed E-state index contributed by atoms with van der Waals surface area (Å²) in [7, 11) is 1.31. The second-order valence-corrected chi connectivity index (χ2v) is 5.76. The molecule has 0 aliphatic rings. The van der Waals surface area contributed by atoms with Crippen LogP contribution in [-0.2, 0) is 9.53 Å². The Hall–Kier alpha value is -3.41. The monoisotopic (exact) mass is 350 g/mol. The zero-order valence-corrected chi connectivity index (χ0v) is 14.3. The Morgan fingerprint density at radius 1 is 0.962 bits per heavy atom. The number of anilines is 1. The van der Waals surface area contributed by atoms with Crippen molar-refractivity contribution in [2.75, 3.05) is 12.4 Å². The van der Waals surface area contributed by atoms with Crippen LogP contribution in [0.5, 0.6) is 0 Å². The van der Waals surface area contributed by atoms with Gasteiger partial charge in [-0.15, -0.1) is 0 Å². The number of rotatable bonds is 5. The third-order valence-electron chi connectivity index (χ3n) is 4.02. The second-order valence-electron chi connectivity index (χ2n) is 5.76. The summed E-state index contributed by atoms with van der Waals surface area (Å²) >= 11 is 0. The van der Waals surface area contributed by atoms with Crippen LogP contribution < -0.4 is 5.32 Å². The van der Waals surface area contributed by atoms with Crippen LogP contribution in [0.25, 0.3) is 10.9 Å². The lowest BCUT2D eigenvalue weighted by Crippen LogP contribution is -2.16. The molecule has 132 valence electrons. The molecular weight excluding hydrogens is 332 g/mol. The average Bonchev–Trinajstić information content (AvgIpc) is 3.10. The minimum atomic E-state index is -0.438. The number of nitrogens with one attached hydrogen (secondary N) is 1. The predicted molar refractivity (Wildman–Crippen MR) is 98.2 cm³/mol. The van der Waals surface area contributed by atoms with Gasteiger partial charge in [0.25, 0.3) is 0 Å². The minimum absolute atomic E-state index is 0.0735. The first-order valence-electron chi connectivity index (χ1n) is 8.16. The van der Waals surface area contributed by atoms with E-state index in [1.807, 2.05) is 30.3 Å². The molecule has 0 atom stereocenters. The summed E-state index contributed by atoms with van der Waals surface area (Å²) in [5.74, 6) is -0.838. The molecule has 0 aliphatic carbocycles. The van der Waals surface area contributed by atoms with Crippen molar-refractivity contribution in [1.82, 2.24) is 4.57 Å². The van der Waals surface area contributed by atoms with E-state index in [9.17, 15) is 14.4 Å². The zero-order valence-electron chi connectivity index (χ0n) is 14.3. The van der Waals surface area contributed by atoms with Gasteiger partial charge in [0.2, 0.25) is 11.8 Å². The van der Waals surface area contributed by atoms with Crippen LogP contribution in [0, 0.1) is 0 Å². The number of para-hydroxylation sites is 1. The number of hydrogen-bond acceptors (Lipinski definition) is 4. The Balaban J connectivity index is 1.57. The summed E-state index contributed by atoms with van der Waals surface area (Å²) < 4.78 is 6.19. The Kier molecular flexibility index (Phi) is 5.12. The van der Waals surface area contributed by atoms with Crippen LogP contribution in [-0.4, -0.2) is 29.5 Å². The fraction of sp³-hybridized carbons (Fsp3) is 0.150. The highest BCUT2D eigenvalue weighted by Crippen LogP contribution is 2.16. The van der Waals surface area contributed by atoms with E-state index in [2.05, 4.69) is 10.1 Å². The lowest BCUT2D eigenvalue weighted by Gasteiger charge is -2.07. The topological polar surface area (TPSA) is 77.4 Å². The van der Waals surface area contributed by atoms with Gasteiger partial charge in [-0.1, -0.05) is 18.2 Å². The van der Waals surface area contributed by atoms with Crippen molar-refractivity contribution in [1.29, 1.82) is 0 Å². The summed E-state index contributed by atoms with van der Waals surface area (Å²) in [6.45, 7) is 0. The maximum Gasteiger partial charge on any atom is 0.337 e. The molecule has 3 aromatic rings. The third kappa shape index (κ3) is 3.80. The number of amides is 1. The van der Waals surface area contributed by atoms with Gasteiger partial charge in [-0.25, -0.2) is 4.79 Å². The molecule has 0 fully saturated rings. The summed E-state index contributed by atoms with van der Waals surface area (Å²) in [6.07, 6.45) is 1.89. The number of hydrogen-bond donors (Lipinski definition) is 1. The number of ether oxygens (including phenoxy) is 1. The molecule has 3 rings (SSSR count). The summed E-state index contributed by atoms with van der Waals surface area (Å²) in [6, 6.07) is 15.8. The molecule has 1 amide bonds. The predicted octanol–water partition coefficient (Wildman–Crippen LogP) is 3.49. The Bertz CT molecular complexity index is 957. The minimum Gasteiger partial charge on any atom is -0.465 e. The number of aromatic nitrogens is 1. The van der Waals surface area contributed by atoms with E-state index in [1.54, 1.807) is 35.0 Å². The maximum atomic E-state index is 12.4. The molecule has 2 aromatic carbocycles. The van der Waals surface area contributed by atoms with Crippen LogP contribution >= 0.6 is 0 Å². The van der Waals surface area contributed by atoms with Crippen molar-refractivity contribution in [2.45, 2.75) is 12.8 Å². The van der Waals surface area contributed by atoms with Gasteiger partial charge < -0.3 is 10.1 Å². The van der Waals surface area contributed by atoms with E-state index < -0.39 is 5.97 Å². The Morgan fingerprint density at radius 3 is 2.42 bits per heavy atom. The number of nitrogens with zero attached hydrogens (tertiary/aromatic N) is 1. The number of methoxy groups -OCH3 is 1. The average molecular weight is 350 g/mol. The number of fused-ring (bicyclic) bond motifs is 1. The number of carbonyl (C=O) groups excluding carboxylic acids is 3. The van der Waals surface area contributed by atoms with E-state index in [1.165, 1.54) is 7.11 Å². The molecule has 0 spiro atoms. The molecule has 0 unspecified atom stereocenters. The van der Waals surface area contributed by atoms with Crippen molar-refractivity contribution in [2.24, 2.45) is 0 Å². The number of esters is 1. The summed E-state index contributed by atoms with van der Waals surface area (Å²) in [5, 5.41) is 3.69. The fourth-order valence-corrected chi connectivity index (χ4v) is 2.67. The zero-order chi connectivity index (χ0) is 18.5. The quantitative estimate of drug-likeness (QED) is 0.715. The van der Waals surface area contributed by atoms with Gasteiger partial charge in [0.1, 0.15) is 0 Å². The molecule has 0 bridgehead atoms. The number of carbonyl (C=O) groups is 3. The van der Waals surface area contributed by atoms with Crippen LogP contribution in [0.15, 0.2) is 60.8 Å². The first-order chi connectivity index (χ1) is 12.6. The van der Waals surface area contributed by atoms with Crippen molar-refractivity contribution < 1.29 is 19.1 Å². The van der Waals surface area contributed by atoms with Crippen molar-refractivity contribution in [3.05, 3.63) is 66.4 Å². The SMILES string of the molecule is COC(=O)c1ccc(NC(=O)CCC(=O)n2ccc3ccccc32)cc1. The second kappa shape index (κ2) is 7.65. The van der Waals surface area contributed by atoms with Crippen LogP contribution in [0.3, 0.4) is 0 Å². The van der Waals surface area contributed by atoms with E-state index in [4.69, 9.17) is 0 Å². The first-order valence-corrected chi connectivity index (χ1v) is 8.16. The first kappa shape index (κ1) is 17.4. The lowest BCUT2D eigenvalue weighted by atomic mass is 10.2. The molecule has 1 heterocycles. The molecule has 0 saturated carbocycles. The number of benzene rings is 2. The molecule has 0 saturated heterocycles. The van der Waals surface area contributed by atoms with Crippen molar-refractivity contribution >= 4 is 34.4 Å². The Labute approximate surface area is 150 Å². The normalized spacial score (nSPS) is 10.5. The highest BCUT2D eigenvalue weighted by atomic mass is 16.5. The van der Waals surface area contributed by atoms with Gasteiger partial charge in [-0.2, -0.15) is 0 Å². The van der Waals surface area contributed by atoms with Crippen LogP contribution in [0.1, 0.15) is 28.0 Å². The van der Waals surface area contributed by atoms with Gasteiger partial charge >= 0.3 is 5.97 Å². The highest BCUT2D eigenvalue weighted by Gasteiger charge is 2.12. The smallest absolute Gasteiger partial charge is 0.337 e. The van der Waals surface area contributed by atoms with Crippen LogP contribution in [0.4, 0.5) is 5.69 Å². The molecule has 0 radical (unpaired) electrons. The summed E-state index contributed by atoms with van der Waals surface area (Å²) in [5.41, 5.74) is 1.79. The Morgan fingerprint density at radius 2 is 1.69 bits per heavy atom. The largest absolute Gasteiger partial charge is 0.465 e. The van der Waals surface area contributed by atoms with Gasteiger partial charge in [-0.3, -0.25) is 14.2 Å². The molecule has 26 heavy (non-hydrogen) atoms. The molecule has 6 nitrogen and oxygen atoms in total. The van der Waals surface area contributed by atoms with Gasteiger partial charge in [-0.05, 0) is 36.4 Å². The van der Waals surface area contributed by atoms with E-state index in [-0.39, 0.29) is 24.7 Å². The van der Waals surface area contributed by atoms with E-state index >= 15 is 0 Å². The van der Waals surface area contributed by atoms with Gasteiger partial charge in [0, 0.05) is 30.1 Å². The maximum absolute atomic E-state index is 12.4. The third-order valence-corrected chi connectivity index (χ3v) is 4.02. The molecule has 0 aliphatic heterocycles. The van der Waals surface area contributed by atoms with Gasteiger partial charge in [0.15, 0.2) is 0 Å². The fourth-order valence-electron chi connectivity index (χ4n) is 2.67. The molecule has 1 aromatic heterocycles. The van der Waals surface area contributed by atoms with E-state index in [0.717, 1.165) is 10.9 Å². The molecular formula is C20H18N2O4. The van der Waals surface area contributed by atoms with Crippen LogP contribution in [0.2, 0.25) is 0 Å². The van der Waals surface area contributed by atoms with E-state index in [0.29, 0.717) is 11.3 Å². The molecule has 1 N–H and O–H groups in total. The van der Waals surface area contributed by atoms with Crippen molar-refractivity contribution in [3.63, 3.8) is 0 Å². The summed E-state index contributed by atoms with van der Waals surface area (Å²) in [4.78, 5) is 35.8.